The summed E-state index contributed by atoms with van der Waals surface area (Å²) in [6.07, 6.45) is -16.8. The van der Waals surface area contributed by atoms with Crippen molar-refractivity contribution in [3.8, 4) is 0 Å². The average molecular weight is 362 g/mol. The third kappa shape index (κ3) is 4.26. The van der Waals surface area contributed by atoms with Crippen LogP contribution in [0.25, 0.3) is 0 Å². The van der Waals surface area contributed by atoms with Gasteiger partial charge in [0.15, 0.2) is 12.6 Å². The molecule has 0 spiro atoms. The zero-order valence-corrected chi connectivity index (χ0v) is 15.0. The number of rotatable bonds is 3. The molecule has 0 aromatic heterocycles. The summed E-state index contributed by atoms with van der Waals surface area (Å²) in [5.74, 6) is -1.85. The molecular weight excluding hydrogens is 343 g/mol. The number of hydrogen-bond acceptors (Lipinski definition) is 11. The molecule has 6 N–H and O–H groups in total. The molecule has 0 aliphatic carbocycles. The summed E-state index contributed by atoms with van der Waals surface area (Å²) in [5.41, 5.74) is 0. The molecular formula is C12H19NaO11. The topological polar surface area (TPSA) is 189 Å². The van der Waals surface area contributed by atoms with Gasteiger partial charge in [-0.25, -0.2) is 0 Å². The molecule has 0 aromatic carbocycles. The maximum absolute atomic E-state index is 10.9. The molecule has 0 amide bonds. The molecule has 2 aliphatic rings. The standard InChI is InChI=1S/C12H20O11.Na/c1-2-3(13)5(15)9(11(20)21-2)23-12-7(17)4(14)6(16)8(22-12)10(18)19;/h2-9,11-17,20H,1H3,(H,18,19);/q;+1/p-1/t2-,3-,4-,5+,6-,7+,8-,9+,11?,12+;/m0./s1. The molecule has 2 saturated heterocycles. The molecule has 0 bridgehead atoms. The third-order valence-corrected chi connectivity index (χ3v) is 3.90. The first-order chi connectivity index (χ1) is 10.6. The fourth-order valence-corrected chi connectivity index (χ4v) is 2.48. The van der Waals surface area contributed by atoms with Gasteiger partial charge in [-0.2, -0.15) is 0 Å². The SMILES string of the molecule is C[C@@H]1OC(O)[C@H](O[C@H]2O[C@H](C(=O)[O-])[C@@H](O)[C@H](O)[C@H]2O)[C@H](O)[C@H]1O.[Na+]. The molecule has 0 saturated carbocycles. The van der Waals surface area contributed by atoms with Crippen molar-refractivity contribution in [2.45, 2.75) is 68.3 Å². The van der Waals surface area contributed by atoms with Gasteiger partial charge in [-0.1, -0.05) is 0 Å². The van der Waals surface area contributed by atoms with Crippen LogP contribution in [-0.2, 0) is 19.0 Å². The van der Waals surface area contributed by atoms with Crippen molar-refractivity contribution in [2.24, 2.45) is 0 Å². The molecule has 24 heavy (non-hydrogen) atoms. The molecule has 0 radical (unpaired) electrons. The number of carbonyl (C=O) groups is 1. The maximum atomic E-state index is 10.9. The van der Waals surface area contributed by atoms with Crippen LogP contribution in [0.4, 0.5) is 0 Å². The Hall–Kier alpha value is 0.110. The van der Waals surface area contributed by atoms with Gasteiger partial charge in [-0.3, -0.25) is 0 Å². The Bertz CT molecular complexity index is 437. The Labute approximate surface area is 158 Å². The van der Waals surface area contributed by atoms with E-state index in [1.165, 1.54) is 6.92 Å². The van der Waals surface area contributed by atoms with E-state index >= 15 is 0 Å². The molecule has 2 rings (SSSR count). The zero-order chi connectivity index (χ0) is 17.5. The van der Waals surface area contributed by atoms with Gasteiger partial charge in [0.05, 0.1) is 12.1 Å². The summed E-state index contributed by atoms with van der Waals surface area (Å²) >= 11 is 0. The third-order valence-electron chi connectivity index (χ3n) is 3.90. The van der Waals surface area contributed by atoms with E-state index in [4.69, 9.17) is 14.2 Å². The van der Waals surface area contributed by atoms with Crippen molar-refractivity contribution in [3.63, 3.8) is 0 Å². The van der Waals surface area contributed by atoms with Gasteiger partial charge in [-0.05, 0) is 6.92 Å². The van der Waals surface area contributed by atoms with E-state index < -0.39 is 67.4 Å². The number of aliphatic hydroxyl groups excluding tert-OH is 6. The van der Waals surface area contributed by atoms with Crippen LogP contribution in [0, 0.1) is 0 Å². The Morgan fingerprint density at radius 2 is 1.50 bits per heavy atom. The van der Waals surface area contributed by atoms with E-state index in [9.17, 15) is 40.5 Å². The molecule has 2 heterocycles. The fraction of sp³-hybridized carbons (Fsp3) is 0.917. The summed E-state index contributed by atoms with van der Waals surface area (Å²) in [6, 6.07) is 0. The molecule has 11 nitrogen and oxygen atoms in total. The van der Waals surface area contributed by atoms with Crippen molar-refractivity contribution >= 4 is 5.97 Å². The van der Waals surface area contributed by atoms with Crippen LogP contribution in [0.1, 0.15) is 6.92 Å². The summed E-state index contributed by atoms with van der Waals surface area (Å²) in [5, 5.41) is 69.1. The number of hydrogen-bond donors (Lipinski definition) is 6. The van der Waals surface area contributed by atoms with Crippen molar-refractivity contribution in [1.29, 1.82) is 0 Å². The minimum atomic E-state index is -2.00. The number of carboxylic acid groups (broad SMARTS) is 1. The van der Waals surface area contributed by atoms with Gasteiger partial charge in [-0.15, -0.1) is 0 Å². The van der Waals surface area contributed by atoms with Gasteiger partial charge in [0.25, 0.3) is 0 Å². The average Bonchev–Trinajstić information content (AvgIpc) is 2.48. The largest absolute Gasteiger partial charge is 1.00 e. The van der Waals surface area contributed by atoms with Crippen LogP contribution in [0.2, 0.25) is 0 Å². The van der Waals surface area contributed by atoms with Crippen LogP contribution < -0.4 is 34.7 Å². The Morgan fingerprint density at radius 3 is 2.04 bits per heavy atom. The van der Waals surface area contributed by atoms with Gasteiger partial charge in [0, 0.05) is 0 Å². The first-order valence-corrected chi connectivity index (χ1v) is 6.90. The number of aliphatic hydroxyl groups is 6. The summed E-state index contributed by atoms with van der Waals surface area (Å²) in [7, 11) is 0. The fourth-order valence-electron chi connectivity index (χ4n) is 2.48. The molecule has 2 aliphatic heterocycles. The number of carbonyl (C=O) groups excluding carboxylic acids is 1. The summed E-state index contributed by atoms with van der Waals surface area (Å²) in [6.45, 7) is 1.39. The first kappa shape index (κ1) is 22.2. The number of aliphatic carboxylic acids is 1. The zero-order valence-electron chi connectivity index (χ0n) is 13.0. The maximum Gasteiger partial charge on any atom is 1.00 e. The minimum absolute atomic E-state index is 0. The number of ether oxygens (including phenoxy) is 3. The summed E-state index contributed by atoms with van der Waals surface area (Å²) < 4.78 is 14.8. The van der Waals surface area contributed by atoms with E-state index in [1.54, 1.807) is 0 Å². The van der Waals surface area contributed by atoms with E-state index in [0.29, 0.717) is 0 Å². The summed E-state index contributed by atoms with van der Waals surface area (Å²) in [4.78, 5) is 10.9. The van der Waals surface area contributed by atoms with Crippen LogP contribution in [-0.4, -0.2) is 98.0 Å². The van der Waals surface area contributed by atoms with E-state index in [-0.39, 0.29) is 29.6 Å². The Morgan fingerprint density at radius 1 is 0.917 bits per heavy atom. The molecule has 12 heteroatoms. The van der Waals surface area contributed by atoms with Crippen molar-refractivity contribution in [3.05, 3.63) is 0 Å². The monoisotopic (exact) mass is 362 g/mol. The van der Waals surface area contributed by atoms with Crippen molar-refractivity contribution in [1.82, 2.24) is 0 Å². The second kappa shape index (κ2) is 8.66. The van der Waals surface area contributed by atoms with Crippen molar-refractivity contribution in [2.75, 3.05) is 0 Å². The predicted octanol–water partition coefficient (Wildman–Crippen LogP) is -8.61. The smallest absolute Gasteiger partial charge is 0.547 e. The quantitative estimate of drug-likeness (QED) is 0.261. The molecule has 0 aromatic rings. The van der Waals surface area contributed by atoms with Crippen LogP contribution in [0.3, 0.4) is 0 Å². The Balaban J connectivity index is 0.00000288. The van der Waals surface area contributed by atoms with Gasteiger partial charge >= 0.3 is 29.6 Å². The Kier molecular flexibility index (Phi) is 8.00. The molecule has 1 unspecified atom stereocenters. The molecule has 2 fully saturated rings. The first-order valence-electron chi connectivity index (χ1n) is 6.90. The van der Waals surface area contributed by atoms with Gasteiger partial charge in [0.1, 0.15) is 42.7 Å². The second-order valence-electron chi connectivity index (χ2n) is 5.53. The normalized spacial score (nSPS) is 49.3. The second-order valence-corrected chi connectivity index (χ2v) is 5.53. The van der Waals surface area contributed by atoms with Gasteiger partial charge in [0.2, 0.25) is 0 Å². The van der Waals surface area contributed by atoms with Crippen LogP contribution in [0.5, 0.6) is 0 Å². The predicted molar refractivity (Wildman–Crippen MR) is 65.1 cm³/mol. The number of carboxylic acids is 1. The molecule has 10 atom stereocenters. The van der Waals surface area contributed by atoms with E-state index in [0.717, 1.165) is 0 Å². The minimum Gasteiger partial charge on any atom is -0.547 e. The van der Waals surface area contributed by atoms with Crippen LogP contribution in [0.15, 0.2) is 0 Å². The van der Waals surface area contributed by atoms with E-state index in [2.05, 4.69) is 0 Å². The molecule has 134 valence electrons. The van der Waals surface area contributed by atoms with Gasteiger partial charge < -0.3 is 54.8 Å². The van der Waals surface area contributed by atoms with Crippen LogP contribution >= 0.6 is 0 Å². The van der Waals surface area contributed by atoms with Crippen molar-refractivity contribution < 1.29 is 84.3 Å². The van der Waals surface area contributed by atoms with E-state index in [1.807, 2.05) is 0 Å².